The fourth-order valence-corrected chi connectivity index (χ4v) is 3.23. The van der Waals surface area contributed by atoms with Crippen LogP contribution in [0, 0.1) is 0 Å². The maximum Gasteiger partial charge on any atom is 0.573 e. The third-order valence-electron chi connectivity index (χ3n) is 3.50. The summed E-state index contributed by atoms with van der Waals surface area (Å²) in [5.41, 5.74) is 1.89. The van der Waals surface area contributed by atoms with E-state index in [0.717, 1.165) is 42.0 Å². The molecule has 0 aliphatic rings. The molecule has 2 N–H and O–H groups in total. The number of aromatic nitrogens is 1. The molecule has 0 spiro atoms. The Hall–Kier alpha value is -3.26. The van der Waals surface area contributed by atoms with Gasteiger partial charge in [-0.15, -0.1) is 18.0 Å². The summed E-state index contributed by atoms with van der Waals surface area (Å²) in [6, 6.07) is 6.61. The molecule has 1 amide bonds. The minimum Gasteiger partial charge on any atom is -0.484 e. The van der Waals surface area contributed by atoms with Crippen LogP contribution in [-0.2, 0) is 26.6 Å². The zero-order valence-electron chi connectivity index (χ0n) is 15.5. The first-order valence-electron chi connectivity index (χ1n) is 7.96. The molecule has 0 bridgehead atoms. The number of ether oxygens (including phenoxy) is 3. The molecule has 30 heavy (non-hydrogen) atoms. The van der Waals surface area contributed by atoms with E-state index in [1.807, 2.05) is 10.3 Å². The van der Waals surface area contributed by atoms with Crippen molar-refractivity contribution < 1.29 is 45.4 Å². The lowest BCUT2D eigenvalue weighted by atomic mass is 10.3. The monoisotopic (exact) mass is 451 g/mol. The van der Waals surface area contributed by atoms with Gasteiger partial charge in [0.2, 0.25) is 0 Å². The van der Waals surface area contributed by atoms with Crippen LogP contribution in [-0.4, -0.2) is 44.9 Å². The van der Waals surface area contributed by atoms with Crippen molar-refractivity contribution >= 4 is 21.9 Å². The highest BCUT2D eigenvalue weighted by atomic mass is 32.2. The molecule has 1 heterocycles. The Morgan fingerprint density at radius 2 is 1.67 bits per heavy atom. The highest BCUT2D eigenvalue weighted by molar-refractivity contribution is 7.89. The number of alkyl halides is 3. The summed E-state index contributed by atoms with van der Waals surface area (Å²) >= 11 is 0. The lowest BCUT2D eigenvalue weighted by Gasteiger charge is -2.11. The summed E-state index contributed by atoms with van der Waals surface area (Å²) in [6.07, 6.45) is -4.84. The van der Waals surface area contributed by atoms with Crippen molar-refractivity contribution in [2.45, 2.75) is 11.4 Å². The van der Waals surface area contributed by atoms with E-state index in [2.05, 4.69) is 9.47 Å². The second kappa shape index (κ2) is 9.04. The van der Waals surface area contributed by atoms with E-state index in [-0.39, 0.29) is 16.5 Å². The highest BCUT2D eigenvalue weighted by Gasteiger charge is 2.31. The van der Waals surface area contributed by atoms with Gasteiger partial charge in [-0.05, 0) is 36.4 Å². The van der Waals surface area contributed by atoms with Gasteiger partial charge in [-0.3, -0.25) is 10.2 Å². The Labute approximate surface area is 168 Å². The largest absolute Gasteiger partial charge is 0.573 e. The first-order valence-corrected chi connectivity index (χ1v) is 9.44. The van der Waals surface area contributed by atoms with E-state index in [9.17, 15) is 31.2 Å². The Morgan fingerprint density at radius 1 is 1.07 bits per heavy atom. The van der Waals surface area contributed by atoms with Crippen LogP contribution in [0.4, 0.5) is 13.2 Å². The van der Waals surface area contributed by atoms with Crippen molar-refractivity contribution in [3.8, 4) is 11.5 Å². The van der Waals surface area contributed by atoms with Gasteiger partial charge in [0.05, 0.1) is 7.11 Å². The van der Waals surface area contributed by atoms with Crippen molar-refractivity contribution in [1.29, 1.82) is 0 Å². The van der Waals surface area contributed by atoms with Crippen LogP contribution >= 0.6 is 0 Å². The molecule has 0 atom stereocenters. The van der Waals surface area contributed by atoms with Crippen molar-refractivity contribution in [2.24, 2.45) is 7.05 Å². The van der Waals surface area contributed by atoms with Crippen molar-refractivity contribution in [2.75, 3.05) is 13.7 Å². The third kappa shape index (κ3) is 6.12. The number of nitrogens with one attached hydrogen (secondary N) is 2. The number of carbonyl (C=O) groups is 2. The van der Waals surface area contributed by atoms with Crippen LogP contribution in [0.15, 0.2) is 41.4 Å². The minimum absolute atomic E-state index is 0.0227. The van der Waals surface area contributed by atoms with Gasteiger partial charge in [0.15, 0.2) is 11.6 Å². The second-order valence-corrected chi connectivity index (χ2v) is 7.20. The smallest absolute Gasteiger partial charge is 0.484 e. The Bertz CT molecular complexity index is 1020. The van der Waals surface area contributed by atoms with Crippen molar-refractivity contribution in [3.63, 3.8) is 0 Å². The summed E-state index contributed by atoms with van der Waals surface area (Å²) < 4.78 is 75.1. The van der Waals surface area contributed by atoms with E-state index in [4.69, 9.17) is 4.74 Å². The predicted molar refractivity (Wildman–Crippen MR) is 93.8 cm³/mol. The van der Waals surface area contributed by atoms with Gasteiger partial charge in [0.1, 0.15) is 17.2 Å². The van der Waals surface area contributed by atoms with Gasteiger partial charge in [-0.25, -0.2) is 13.2 Å². The second-order valence-electron chi connectivity index (χ2n) is 5.57. The quantitative estimate of drug-likeness (QED) is 0.455. The number of carbonyl (C=O) groups excluding carboxylic acids is 2. The van der Waals surface area contributed by atoms with Gasteiger partial charge >= 0.3 is 12.3 Å². The molecule has 1 aromatic heterocycles. The molecule has 0 saturated heterocycles. The third-order valence-corrected chi connectivity index (χ3v) is 4.83. The zero-order chi connectivity index (χ0) is 22.5. The normalized spacial score (nSPS) is 11.6. The predicted octanol–water partition coefficient (Wildman–Crippen LogP) is 1.10. The van der Waals surface area contributed by atoms with Crippen LogP contribution in [0.1, 0.15) is 10.5 Å². The molecular formula is C16H16F3N3O7S. The van der Waals surface area contributed by atoms with Crippen molar-refractivity contribution in [3.05, 3.63) is 42.1 Å². The molecule has 164 valence electrons. The van der Waals surface area contributed by atoms with E-state index in [0.29, 0.717) is 0 Å². The first-order chi connectivity index (χ1) is 13.9. The number of benzene rings is 1. The molecule has 0 unspecified atom stereocenters. The molecule has 0 aliphatic carbocycles. The lowest BCUT2D eigenvalue weighted by Crippen LogP contribution is -2.44. The molecule has 0 radical (unpaired) electrons. The van der Waals surface area contributed by atoms with Gasteiger partial charge < -0.3 is 18.8 Å². The minimum atomic E-state index is -4.84. The fourth-order valence-electron chi connectivity index (χ4n) is 2.17. The number of halogens is 3. The van der Waals surface area contributed by atoms with Crippen LogP contribution in [0.2, 0.25) is 0 Å². The molecule has 0 fully saturated rings. The van der Waals surface area contributed by atoms with E-state index >= 15 is 0 Å². The average Bonchev–Trinajstić information content (AvgIpc) is 3.06. The standard InChI is InChI=1S/C16H16F3N3O7S/c1-22-12(15(24)27-2)7-8-14(22)30(25,26)21-20-13(23)9-28-10-3-5-11(6-4-10)29-16(17,18)19/h3-8,21H,9H2,1-2H3,(H,20,23). The summed E-state index contributed by atoms with van der Waals surface area (Å²) in [6.45, 7) is -0.636. The number of esters is 1. The van der Waals surface area contributed by atoms with Gasteiger partial charge in [-0.1, -0.05) is 0 Å². The van der Waals surface area contributed by atoms with Crippen LogP contribution < -0.4 is 19.7 Å². The highest BCUT2D eigenvalue weighted by Crippen LogP contribution is 2.24. The molecule has 2 rings (SSSR count). The Balaban J connectivity index is 1.90. The maximum atomic E-state index is 12.3. The van der Waals surface area contributed by atoms with Crippen LogP contribution in [0.25, 0.3) is 0 Å². The summed E-state index contributed by atoms with van der Waals surface area (Å²) in [7, 11) is -1.76. The SMILES string of the molecule is COC(=O)c1ccc(S(=O)(=O)NNC(=O)COc2ccc(OC(F)(F)F)cc2)n1C. The fraction of sp³-hybridized carbons (Fsp3) is 0.250. The zero-order valence-corrected chi connectivity index (χ0v) is 16.3. The van der Waals surface area contributed by atoms with E-state index < -0.39 is 40.6 Å². The number of methoxy groups -OCH3 is 1. The van der Waals surface area contributed by atoms with Gasteiger partial charge in [0.25, 0.3) is 15.9 Å². The van der Waals surface area contributed by atoms with Gasteiger partial charge in [-0.2, -0.15) is 0 Å². The number of hydrogen-bond donors (Lipinski definition) is 2. The molecule has 0 saturated carbocycles. The summed E-state index contributed by atoms with van der Waals surface area (Å²) in [5.74, 6) is -2.06. The van der Waals surface area contributed by atoms with Gasteiger partial charge in [0, 0.05) is 7.05 Å². The maximum absolute atomic E-state index is 12.3. The van der Waals surface area contributed by atoms with E-state index in [1.54, 1.807) is 0 Å². The number of hydrazine groups is 1. The Kier molecular flexibility index (Phi) is 6.94. The topological polar surface area (TPSA) is 125 Å². The van der Waals surface area contributed by atoms with E-state index in [1.165, 1.54) is 13.1 Å². The molecule has 10 nitrogen and oxygen atoms in total. The molecule has 14 heteroatoms. The molecule has 1 aromatic carbocycles. The lowest BCUT2D eigenvalue weighted by molar-refractivity contribution is -0.274. The van der Waals surface area contributed by atoms with Crippen LogP contribution in [0.5, 0.6) is 11.5 Å². The number of nitrogens with zero attached hydrogens (tertiary/aromatic N) is 1. The number of rotatable bonds is 8. The van der Waals surface area contributed by atoms with Crippen LogP contribution in [0.3, 0.4) is 0 Å². The number of amides is 1. The van der Waals surface area contributed by atoms with Crippen molar-refractivity contribution in [1.82, 2.24) is 14.8 Å². The Morgan fingerprint density at radius 3 is 2.23 bits per heavy atom. The number of sulfonamides is 1. The molecule has 2 aromatic rings. The molecular weight excluding hydrogens is 435 g/mol. The molecule has 0 aliphatic heterocycles. The average molecular weight is 451 g/mol. The number of hydrogen-bond acceptors (Lipinski definition) is 7. The summed E-state index contributed by atoms with van der Waals surface area (Å²) in [5, 5.41) is -0.315. The first kappa shape index (κ1) is 23.0. The summed E-state index contributed by atoms with van der Waals surface area (Å²) in [4.78, 5) is 25.2.